The van der Waals surface area contributed by atoms with Crippen molar-refractivity contribution in [2.24, 2.45) is 0 Å². The number of imidazole rings is 1. The van der Waals surface area contributed by atoms with Crippen molar-refractivity contribution in [1.29, 1.82) is 0 Å². The maximum absolute atomic E-state index is 12.4. The Morgan fingerprint density at radius 3 is 2.26 bits per heavy atom. The zero-order chi connectivity index (χ0) is 21.8. The number of benzene rings is 3. The summed E-state index contributed by atoms with van der Waals surface area (Å²) in [7, 11) is 1.58. The third kappa shape index (κ3) is 4.48. The van der Waals surface area contributed by atoms with Gasteiger partial charge in [0, 0.05) is 16.9 Å². The van der Waals surface area contributed by atoms with Crippen LogP contribution in [0, 0.1) is 0 Å². The Hall–Kier alpha value is -4.33. The highest BCUT2D eigenvalue weighted by Crippen LogP contribution is 2.17. The summed E-state index contributed by atoms with van der Waals surface area (Å²) in [6.07, 6.45) is 0. The van der Waals surface area contributed by atoms with Crippen LogP contribution < -0.4 is 21.1 Å². The highest BCUT2D eigenvalue weighted by atomic mass is 16.5. The summed E-state index contributed by atoms with van der Waals surface area (Å²) in [5, 5.41) is 5.54. The predicted octanol–water partition coefficient (Wildman–Crippen LogP) is 3.23. The third-order valence-corrected chi connectivity index (χ3v) is 4.76. The maximum atomic E-state index is 12.4. The Morgan fingerprint density at radius 2 is 1.55 bits per heavy atom. The van der Waals surface area contributed by atoms with Gasteiger partial charge in [-0.15, -0.1) is 0 Å². The number of amides is 2. The van der Waals surface area contributed by atoms with Gasteiger partial charge in [-0.3, -0.25) is 14.2 Å². The average Bonchev–Trinajstić information content (AvgIpc) is 3.09. The molecule has 156 valence electrons. The van der Waals surface area contributed by atoms with Crippen LogP contribution in [0.2, 0.25) is 0 Å². The van der Waals surface area contributed by atoms with E-state index in [0.29, 0.717) is 33.7 Å². The van der Waals surface area contributed by atoms with Crippen molar-refractivity contribution in [2.75, 3.05) is 17.7 Å². The number of aromatic amines is 1. The molecule has 2 amide bonds. The van der Waals surface area contributed by atoms with Crippen LogP contribution in [0.25, 0.3) is 11.0 Å². The molecule has 0 atom stereocenters. The molecule has 0 unspecified atom stereocenters. The molecule has 3 N–H and O–H groups in total. The van der Waals surface area contributed by atoms with E-state index < -0.39 is 0 Å². The predicted molar refractivity (Wildman–Crippen MR) is 119 cm³/mol. The van der Waals surface area contributed by atoms with Gasteiger partial charge in [0.2, 0.25) is 5.91 Å². The molecule has 4 aromatic rings. The van der Waals surface area contributed by atoms with Gasteiger partial charge in [0.1, 0.15) is 12.3 Å². The number of hydrogen-bond acceptors (Lipinski definition) is 4. The zero-order valence-corrected chi connectivity index (χ0v) is 16.7. The number of fused-ring (bicyclic) bond motifs is 1. The van der Waals surface area contributed by atoms with Gasteiger partial charge in [-0.25, -0.2) is 4.79 Å². The van der Waals surface area contributed by atoms with Gasteiger partial charge in [-0.1, -0.05) is 12.1 Å². The summed E-state index contributed by atoms with van der Waals surface area (Å²) in [5.74, 6) is 0.0867. The van der Waals surface area contributed by atoms with Crippen LogP contribution in [0.4, 0.5) is 11.4 Å². The van der Waals surface area contributed by atoms with Crippen molar-refractivity contribution < 1.29 is 14.3 Å². The molecule has 0 bridgehead atoms. The molecule has 8 nitrogen and oxygen atoms in total. The fraction of sp³-hybridized carbons (Fsp3) is 0.0870. The molecule has 0 radical (unpaired) electrons. The largest absolute Gasteiger partial charge is 0.497 e. The topological polar surface area (TPSA) is 105 Å². The molecule has 0 saturated heterocycles. The van der Waals surface area contributed by atoms with Crippen molar-refractivity contribution in [3.05, 3.63) is 88.8 Å². The van der Waals surface area contributed by atoms with E-state index in [1.807, 2.05) is 6.07 Å². The number of ether oxygens (including phenoxy) is 1. The van der Waals surface area contributed by atoms with Crippen molar-refractivity contribution >= 4 is 34.2 Å². The number of H-pyrrole nitrogens is 1. The molecule has 1 aromatic heterocycles. The van der Waals surface area contributed by atoms with Crippen LogP contribution in [0.15, 0.2) is 77.6 Å². The molecule has 4 rings (SSSR count). The number of carbonyl (C=O) groups excluding carboxylic acids is 2. The van der Waals surface area contributed by atoms with Gasteiger partial charge in [0.15, 0.2) is 0 Å². The molecule has 3 aromatic carbocycles. The van der Waals surface area contributed by atoms with Gasteiger partial charge < -0.3 is 20.4 Å². The van der Waals surface area contributed by atoms with E-state index >= 15 is 0 Å². The summed E-state index contributed by atoms with van der Waals surface area (Å²) in [6, 6.07) is 20.7. The highest BCUT2D eigenvalue weighted by molar-refractivity contribution is 6.04. The Labute approximate surface area is 177 Å². The maximum Gasteiger partial charge on any atom is 0.326 e. The van der Waals surface area contributed by atoms with Crippen LogP contribution in [0.1, 0.15) is 10.4 Å². The number of para-hydroxylation sites is 2. The molecule has 1 heterocycles. The normalized spacial score (nSPS) is 10.6. The van der Waals surface area contributed by atoms with Gasteiger partial charge >= 0.3 is 5.69 Å². The van der Waals surface area contributed by atoms with Crippen molar-refractivity contribution in [2.45, 2.75) is 6.54 Å². The van der Waals surface area contributed by atoms with E-state index in [2.05, 4.69) is 15.6 Å². The first kappa shape index (κ1) is 20.0. The first-order chi connectivity index (χ1) is 15.0. The number of carbonyl (C=O) groups is 2. The summed E-state index contributed by atoms with van der Waals surface area (Å²) in [4.78, 5) is 39.6. The third-order valence-electron chi connectivity index (χ3n) is 4.76. The van der Waals surface area contributed by atoms with Crippen molar-refractivity contribution in [3.63, 3.8) is 0 Å². The number of nitrogens with one attached hydrogen (secondary N) is 3. The van der Waals surface area contributed by atoms with E-state index in [1.165, 1.54) is 4.57 Å². The van der Waals surface area contributed by atoms with Gasteiger partial charge in [-0.05, 0) is 60.7 Å². The molecular weight excluding hydrogens is 396 g/mol. The number of aromatic nitrogens is 2. The minimum Gasteiger partial charge on any atom is -0.497 e. The van der Waals surface area contributed by atoms with E-state index in [4.69, 9.17) is 4.74 Å². The van der Waals surface area contributed by atoms with E-state index in [1.54, 1.807) is 73.8 Å². The summed E-state index contributed by atoms with van der Waals surface area (Å²) in [6.45, 7) is -0.122. The molecule has 0 aliphatic heterocycles. The first-order valence-electron chi connectivity index (χ1n) is 9.56. The van der Waals surface area contributed by atoms with Gasteiger partial charge in [0.25, 0.3) is 5.91 Å². The van der Waals surface area contributed by atoms with E-state index in [-0.39, 0.29) is 24.0 Å². The summed E-state index contributed by atoms with van der Waals surface area (Å²) >= 11 is 0. The smallest absolute Gasteiger partial charge is 0.326 e. The van der Waals surface area contributed by atoms with E-state index in [0.717, 1.165) is 0 Å². The number of hydrogen-bond donors (Lipinski definition) is 3. The van der Waals surface area contributed by atoms with Crippen LogP contribution in [0.5, 0.6) is 5.75 Å². The fourth-order valence-corrected chi connectivity index (χ4v) is 3.19. The molecule has 0 saturated carbocycles. The van der Waals surface area contributed by atoms with Crippen LogP contribution in [0.3, 0.4) is 0 Å². The lowest BCUT2D eigenvalue weighted by atomic mass is 10.2. The quantitative estimate of drug-likeness (QED) is 0.449. The zero-order valence-electron chi connectivity index (χ0n) is 16.7. The Morgan fingerprint density at radius 1 is 0.903 bits per heavy atom. The van der Waals surface area contributed by atoms with Crippen molar-refractivity contribution in [3.8, 4) is 5.75 Å². The number of methoxy groups -OCH3 is 1. The number of nitrogens with zero attached hydrogens (tertiary/aromatic N) is 1. The molecule has 0 fully saturated rings. The molecular formula is C23H20N4O4. The Kier molecular flexibility index (Phi) is 5.53. The molecule has 8 heteroatoms. The second-order valence-corrected chi connectivity index (χ2v) is 6.84. The monoisotopic (exact) mass is 416 g/mol. The number of rotatable bonds is 6. The van der Waals surface area contributed by atoms with Crippen LogP contribution >= 0.6 is 0 Å². The van der Waals surface area contributed by atoms with Crippen LogP contribution in [-0.2, 0) is 11.3 Å². The second kappa shape index (κ2) is 8.58. The minimum absolute atomic E-state index is 0.122. The first-order valence-corrected chi connectivity index (χ1v) is 9.56. The number of anilines is 2. The van der Waals surface area contributed by atoms with Crippen molar-refractivity contribution in [1.82, 2.24) is 9.55 Å². The second-order valence-electron chi connectivity index (χ2n) is 6.84. The molecule has 0 aliphatic carbocycles. The average molecular weight is 416 g/mol. The lowest BCUT2D eigenvalue weighted by Gasteiger charge is -2.09. The highest BCUT2D eigenvalue weighted by Gasteiger charge is 2.11. The summed E-state index contributed by atoms with van der Waals surface area (Å²) in [5.41, 5.74) is 2.61. The van der Waals surface area contributed by atoms with Gasteiger partial charge in [-0.2, -0.15) is 0 Å². The fourth-order valence-electron chi connectivity index (χ4n) is 3.19. The molecule has 0 aliphatic rings. The SMILES string of the molecule is COc1ccc(NC(=O)c2ccc(NC(=O)Cn3c(=O)[nH]c4ccccc43)cc2)cc1. The minimum atomic E-state index is -0.345. The Bertz CT molecular complexity index is 1290. The van der Waals surface area contributed by atoms with Gasteiger partial charge in [0.05, 0.1) is 18.1 Å². The Balaban J connectivity index is 1.39. The summed E-state index contributed by atoms with van der Waals surface area (Å²) < 4.78 is 6.47. The molecule has 0 spiro atoms. The lowest BCUT2D eigenvalue weighted by Crippen LogP contribution is -2.25. The lowest BCUT2D eigenvalue weighted by molar-refractivity contribution is -0.116. The van der Waals surface area contributed by atoms with Crippen LogP contribution in [-0.4, -0.2) is 28.5 Å². The molecule has 31 heavy (non-hydrogen) atoms. The standard InChI is InChI=1S/C23H20N4O4/c1-31-18-12-10-17(11-13-18)25-22(29)15-6-8-16(9-7-15)24-21(28)14-27-20-5-3-2-4-19(20)26-23(27)30/h2-13H,14H2,1H3,(H,24,28)(H,25,29)(H,26,30). The van der Waals surface area contributed by atoms with E-state index in [9.17, 15) is 14.4 Å².